The lowest BCUT2D eigenvalue weighted by atomic mass is 10.2. The Labute approximate surface area is 108 Å². The van der Waals surface area contributed by atoms with Crippen LogP contribution in [0.5, 0.6) is 0 Å². The second-order valence-electron chi connectivity index (χ2n) is 4.32. The molecule has 0 saturated carbocycles. The van der Waals surface area contributed by atoms with Crippen molar-refractivity contribution in [1.82, 2.24) is 9.80 Å². The molecular formula is C11H21N3O2S. The fourth-order valence-corrected chi connectivity index (χ4v) is 2.02. The van der Waals surface area contributed by atoms with Crippen LogP contribution in [0.1, 0.15) is 13.8 Å². The Bertz CT molecular complexity index is 290. The molecule has 5 nitrogen and oxygen atoms in total. The number of ether oxygens (including phenoxy) is 1. The lowest BCUT2D eigenvalue weighted by Gasteiger charge is -2.38. The molecule has 1 aliphatic rings. The Kier molecular flexibility index (Phi) is 5.30. The average molecular weight is 259 g/mol. The van der Waals surface area contributed by atoms with Crippen LogP contribution in [0.25, 0.3) is 0 Å². The Balaban J connectivity index is 2.45. The van der Waals surface area contributed by atoms with E-state index >= 15 is 0 Å². The Morgan fingerprint density at radius 2 is 1.82 bits per heavy atom. The maximum absolute atomic E-state index is 11.9. The lowest BCUT2D eigenvalue weighted by Crippen LogP contribution is -2.55. The summed E-state index contributed by atoms with van der Waals surface area (Å²) in [5.41, 5.74) is 5.62. The highest BCUT2D eigenvalue weighted by molar-refractivity contribution is 7.80. The molecule has 1 aliphatic heterocycles. The minimum Gasteiger partial charge on any atom is -0.392 e. The van der Waals surface area contributed by atoms with Crippen LogP contribution < -0.4 is 5.73 Å². The molecule has 6 heteroatoms. The number of piperazine rings is 1. The fourth-order valence-electron chi connectivity index (χ4n) is 1.87. The van der Waals surface area contributed by atoms with E-state index in [1.165, 1.54) is 0 Å². The van der Waals surface area contributed by atoms with E-state index in [-0.39, 0.29) is 18.1 Å². The number of carbonyl (C=O) groups is 1. The molecule has 17 heavy (non-hydrogen) atoms. The number of nitrogens with two attached hydrogens (primary N) is 1. The van der Waals surface area contributed by atoms with Crippen molar-refractivity contribution < 1.29 is 9.53 Å². The fraction of sp³-hybridized carbons (Fsp3) is 0.818. The highest BCUT2D eigenvalue weighted by Gasteiger charge is 2.27. The van der Waals surface area contributed by atoms with Crippen molar-refractivity contribution in [1.29, 1.82) is 0 Å². The minimum atomic E-state index is -0.366. The number of carbonyl (C=O) groups excluding carboxylic acids is 1. The maximum Gasteiger partial charge on any atom is 0.251 e. The van der Waals surface area contributed by atoms with Gasteiger partial charge in [0.2, 0.25) is 0 Å². The van der Waals surface area contributed by atoms with Crippen LogP contribution in [-0.4, -0.2) is 66.1 Å². The average Bonchev–Trinajstić information content (AvgIpc) is 2.36. The van der Waals surface area contributed by atoms with Crippen LogP contribution in [0.15, 0.2) is 0 Å². The van der Waals surface area contributed by atoms with E-state index in [1.54, 1.807) is 14.0 Å². The van der Waals surface area contributed by atoms with Crippen LogP contribution in [0, 0.1) is 0 Å². The number of nitrogens with zero attached hydrogens (tertiary/aromatic N) is 2. The third kappa shape index (κ3) is 3.62. The third-order valence-electron chi connectivity index (χ3n) is 3.29. The van der Waals surface area contributed by atoms with Gasteiger partial charge >= 0.3 is 0 Å². The van der Waals surface area contributed by atoms with Crippen molar-refractivity contribution in [3.8, 4) is 0 Å². The van der Waals surface area contributed by atoms with E-state index in [0.29, 0.717) is 18.1 Å². The van der Waals surface area contributed by atoms with Gasteiger partial charge in [0.25, 0.3) is 5.91 Å². The molecule has 2 N–H and O–H groups in total. The molecule has 0 aromatic rings. The first kappa shape index (κ1) is 14.3. The van der Waals surface area contributed by atoms with Gasteiger partial charge in [-0.25, -0.2) is 0 Å². The molecule has 0 aromatic carbocycles. The predicted molar refractivity (Wildman–Crippen MR) is 70.9 cm³/mol. The zero-order chi connectivity index (χ0) is 13.0. The summed E-state index contributed by atoms with van der Waals surface area (Å²) < 4.78 is 5.03. The summed E-state index contributed by atoms with van der Waals surface area (Å²) >= 11 is 4.98. The van der Waals surface area contributed by atoms with Gasteiger partial charge in [0, 0.05) is 33.3 Å². The molecule has 2 unspecified atom stereocenters. The first-order valence-corrected chi connectivity index (χ1v) is 6.23. The van der Waals surface area contributed by atoms with Crippen molar-refractivity contribution in [3.05, 3.63) is 0 Å². The standard InChI is InChI=1S/C11H21N3O2S/c1-8(10(12)17)13-4-6-14(7-5-13)11(15)9(2)16-3/h8-9H,4-7H2,1-3H3,(H2,12,17). The topological polar surface area (TPSA) is 58.8 Å². The smallest absolute Gasteiger partial charge is 0.251 e. The number of amides is 1. The Morgan fingerprint density at radius 3 is 2.24 bits per heavy atom. The van der Waals surface area contributed by atoms with Gasteiger partial charge in [-0.1, -0.05) is 12.2 Å². The first-order valence-electron chi connectivity index (χ1n) is 5.82. The molecule has 1 amide bonds. The van der Waals surface area contributed by atoms with E-state index < -0.39 is 0 Å². The Hall–Kier alpha value is -0.720. The number of thiocarbonyl (C=S) groups is 1. The lowest BCUT2D eigenvalue weighted by molar-refractivity contribution is -0.142. The van der Waals surface area contributed by atoms with E-state index in [4.69, 9.17) is 22.7 Å². The van der Waals surface area contributed by atoms with Gasteiger partial charge in [-0.15, -0.1) is 0 Å². The first-order chi connectivity index (χ1) is 7.97. The highest BCUT2D eigenvalue weighted by Crippen LogP contribution is 2.08. The molecule has 1 fully saturated rings. The van der Waals surface area contributed by atoms with Gasteiger partial charge in [-0.3, -0.25) is 9.69 Å². The third-order valence-corrected chi connectivity index (χ3v) is 3.63. The summed E-state index contributed by atoms with van der Waals surface area (Å²) in [6.45, 7) is 6.80. The molecule has 98 valence electrons. The number of hydrogen-bond acceptors (Lipinski definition) is 4. The van der Waals surface area contributed by atoms with Crippen LogP contribution >= 0.6 is 12.2 Å². The molecule has 0 aromatic heterocycles. The maximum atomic E-state index is 11.9. The van der Waals surface area contributed by atoms with Gasteiger partial charge < -0.3 is 15.4 Å². The predicted octanol–water partition coefficient (Wildman–Crippen LogP) is -0.160. The van der Waals surface area contributed by atoms with Crippen molar-refractivity contribution in [2.24, 2.45) is 5.73 Å². The largest absolute Gasteiger partial charge is 0.392 e. The SMILES string of the molecule is COC(C)C(=O)N1CCN(C(C)C(N)=S)CC1. The van der Waals surface area contributed by atoms with E-state index in [1.807, 2.05) is 11.8 Å². The zero-order valence-electron chi connectivity index (χ0n) is 10.7. The molecule has 0 aliphatic carbocycles. The summed E-state index contributed by atoms with van der Waals surface area (Å²) in [5.74, 6) is 0.0510. The van der Waals surface area contributed by atoms with Crippen LogP contribution in [-0.2, 0) is 9.53 Å². The second-order valence-corrected chi connectivity index (χ2v) is 4.79. The molecule has 0 radical (unpaired) electrons. The highest BCUT2D eigenvalue weighted by atomic mass is 32.1. The molecule has 1 rings (SSSR count). The monoisotopic (exact) mass is 259 g/mol. The summed E-state index contributed by atoms with van der Waals surface area (Å²) in [4.78, 5) is 16.4. The van der Waals surface area contributed by atoms with E-state index in [0.717, 1.165) is 13.1 Å². The summed E-state index contributed by atoms with van der Waals surface area (Å²) in [6, 6.07) is 0.0992. The molecule has 0 spiro atoms. The minimum absolute atomic E-state index is 0.0510. The zero-order valence-corrected chi connectivity index (χ0v) is 11.5. The van der Waals surface area contributed by atoms with E-state index in [9.17, 15) is 4.79 Å². The van der Waals surface area contributed by atoms with Crippen molar-refractivity contribution >= 4 is 23.1 Å². The second kappa shape index (κ2) is 6.28. The number of hydrogen-bond donors (Lipinski definition) is 1. The molecule has 0 bridgehead atoms. The van der Waals surface area contributed by atoms with Crippen molar-refractivity contribution in [3.63, 3.8) is 0 Å². The quantitative estimate of drug-likeness (QED) is 0.711. The normalized spacial score (nSPS) is 21.0. The van der Waals surface area contributed by atoms with Crippen LogP contribution in [0.2, 0.25) is 0 Å². The van der Waals surface area contributed by atoms with Gasteiger partial charge in [0.15, 0.2) is 0 Å². The van der Waals surface area contributed by atoms with Crippen LogP contribution in [0.3, 0.4) is 0 Å². The van der Waals surface area contributed by atoms with Gasteiger partial charge in [0.1, 0.15) is 6.10 Å². The molecule has 1 heterocycles. The summed E-state index contributed by atoms with van der Waals surface area (Å²) in [7, 11) is 1.55. The van der Waals surface area contributed by atoms with E-state index in [2.05, 4.69) is 4.90 Å². The van der Waals surface area contributed by atoms with Crippen molar-refractivity contribution in [2.45, 2.75) is 26.0 Å². The molecule has 1 saturated heterocycles. The van der Waals surface area contributed by atoms with Gasteiger partial charge in [-0.2, -0.15) is 0 Å². The summed E-state index contributed by atoms with van der Waals surface area (Å²) in [6.07, 6.45) is -0.366. The Morgan fingerprint density at radius 1 is 1.29 bits per heavy atom. The van der Waals surface area contributed by atoms with Gasteiger partial charge in [0.05, 0.1) is 11.0 Å². The van der Waals surface area contributed by atoms with Crippen LogP contribution in [0.4, 0.5) is 0 Å². The van der Waals surface area contributed by atoms with Crippen molar-refractivity contribution in [2.75, 3.05) is 33.3 Å². The molecule has 2 atom stereocenters. The summed E-state index contributed by atoms with van der Waals surface area (Å²) in [5, 5.41) is 0. The number of rotatable bonds is 4. The molecular weight excluding hydrogens is 238 g/mol. The number of methoxy groups -OCH3 is 1. The van der Waals surface area contributed by atoms with Gasteiger partial charge in [-0.05, 0) is 13.8 Å².